The van der Waals surface area contributed by atoms with E-state index in [1.807, 2.05) is 11.9 Å². The van der Waals surface area contributed by atoms with E-state index in [1.54, 1.807) is 38.5 Å². The van der Waals surface area contributed by atoms with Gasteiger partial charge in [0.05, 0.1) is 19.2 Å². The van der Waals surface area contributed by atoms with Crippen molar-refractivity contribution in [1.82, 2.24) is 10.2 Å². The summed E-state index contributed by atoms with van der Waals surface area (Å²) in [6.45, 7) is 2.56. The molecule has 0 spiro atoms. The van der Waals surface area contributed by atoms with Gasteiger partial charge in [0.15, 0.2) is 11.5 Å². The third-order valence-electron chi connectivity index (χ3n) is 4.20. The first-order valence-electron chi connectivity index (χ1n) is 8.12. The van der Waals surface area contributed by atoms with Gasteiger partial charge < -0.3 is 19.7 Å². The predicted octanol–water partition coefficient (Wildman–Crippen LogP) is 2.83. The van der Waals surface area contributed by atoms with E-state index < -0.39 is 0 Å². The van der Waals surface area contributed by atoms with Gasteiger partial charge in [-0.2, -0.15) is 0 Å². The molecule has 2 rings (SSSR count). The van der Waals surface area contributed by atoms with Crippen LogP contribution in [0.3, 0.4) is 0 Å². The molecule has 1 amide bonds. The van der Waals surface area contributed by atoms with Crippen molar-refractivity contribution in [2.75, 3.05) is 40.9 Å². The van der Waals surface area contributed by atoms with Crippen LogP contribution in [0, 0.1) is 5.92 Å². The van der Waals surface area contributed by atoms with E-state index in [-0.39, 0.29) is 5.91 Å². The second-order valence-corrected chi connectivity index (χ2v) is 6.33. The van der Waals surface area contributed by atoms with Crippen molar-refractivity contribution in [2.45, 2.75) is 12.8 Å². The molecule has 0 bridgehead atoms. The van der Waals surface area contributed by atoms with Gasteiger partial charge in [0.25, 0.3) is 0 Å². The molecule has 1 heterocycles. The Morgan fingerprint density at radius 3 is 2.88 bits per heavy atom. The zero-order valence-corrected chi connectivity index (χ0v) is 15.2. The monoisotopic (exact) mass is 352 g/mol. The molecule has 1 aliphatic rings. The number of piperidine rings is 1. The van der Waals surface area contributed by atoms with E-state index in [0.717, 1.165) is 31.6 Å². The molecule has 1 saturated heterocycles. The second kappa shape index (κ2) is 8.94. The van der Waals surface area contributed by atoms with Crippen LogP contribution in [-0.2, 0) is 4.79 Å². The van der Waals surface area contributed by atoms with Crippen LogP contribution in [0.5, 0.6) is 11.5 Å². The van der Waals surface area contributed by atoms with Crippen molar-refractivity contribution in [2.24, 2.45) is 5.92 Å². The lowest BCUT2D eigenvalue weighted by molar-refractivity contribution is -0.127. The van der Waals surface area contributed by atoms with E-state index in [0.29, 0.717) is 22.4 Å². The van der Waals surface area contributed by atoms with Crippen LogP contribution in [0.2, 0.25) is 5.02 Å². The number of carbonyl (C=O) groups excluding carboxylic acids is 1. The number of amides is 1. The number of ether oxygens (including phenoxy) is 2. The Morgan fingerprint density at radius 2 is 2.21 bits per heavy atom. The molecule has 0 aliphatic carbocycles. The fourth-order valence-corrected chi connectivity index (χ4v) is 3.32. The summed E-state index contributed by atoms with van der Waals surface area (Å²) in [6, 6.07) is 3.56. The number of carbonyl (C=O) groups is 1. The molecule has 0 saturated carbocycles. The highest BCUT2D eigenvalue weighted by atomic mass is 35.5. The molecular formula is C18H25ClN2O3. The molecule has 1 N–H and O–H groups in total. The second-order valence-electron chi connectivity index (χ2n) is 5.92. The Labute approximate surface area is 148 Å². The minimum Gasteiger partial charge on any atom is -0.493 e. The summed E-state index contributed by atoms with van der Waals surface area (Å²) in [5.74, 6) is 1.59. The molecule has 6 heteroatoms. The Kier molecular flexibility index (Phi) is 6.94. The molecule has 24 heavy (non-hydrogen) atoms. The highest BCUT2D eigenvalue weighted by Gasteiger charge is 2.21. The molecule has 0 aromatic heterocycles. The third kappa shape index (κ3) is 4.65. The number of nitrogens with one attached hydrogen (secondary N) is 1. The van der Waals surface area contributed by atoms with Crippen molar-refractivity contribution in [3.05, 3.63) is 28.8 Å². The largest absolute Gasteiger partial charge is 0.493 e. The molecule has 132 valence electrons. The highest BCUT2D eigenvalue weighted by Crippen LogP contribution is 2.36. The zero-order chi connectivity index (χ0) is 17.5. The lowest BCUT2D eigenvalue weighted by atomic mass is 9.98. The van der Waals surface area contributed by atoms with Gasteiger partial charge in [-0.3, -0.25) is 4.79 Å². The van der Waals surface area contributed by atoms with Gasteiger partial charge in [0.1, 0.15) is 0 Å². The number of likely N-dealkylation sites (tertiary alicyclic amines) is 1. The Morgan fingerprint density at radius 1 is 1.42 bits per heavy atom. The van der Waals surface area contributed by atoms with Crippen molar-refractivity contribution < 1.29 is 14.3 Å². The minimum absolute atomic E-state index is 0.0294. The van der Waals surface area contributed by atoms with Crippen LogP contribution >= 0.6 is 11.6 Å². The molecule has 1 aromatic carbocycles. The fraction of sp³-hybridized carbons (Fsp3) is 0.500. The van der Waals surface area contributed by atoms with Crippen LogP contribution in [0.1, 0.15) is 18.4 Å². The summed E-state index contributed by atoms with van der Waals surface area (Å²) in [5, 5.41) is 3.64. The average molecular weight is 353 g/mol. The van der Waals surface area contributed by atoms with Crippen molar-refractivity contribution >= 4 is 23.6 Å². The SMILES string of the molecule is CNCC1CCCN(C(=O)/C=C/c2cc(Cl)c(OC)c(OC)c2)C1. The van der Waals surface area contributed by atoms with E-state index in [2.05, 4.69) is 5.32 Å². The minimum atomic E-state index is 0.0294. The van der Waals surface area contributed by atoms with E-state index in [1.165, 1.54) is 6.42 Å². The smallest absolute Gasteiger partial charge is 0.246 e. The standard InChI is InChI=1S/C18H25ClN2O3/c1-20-11-14-5-4-8-21(12-14)17(22)7-6-13-9-15(19)18(24-3)16(10-13)23-2/h6-7,9-10,14,20H,4-5,8,11-12H2,1-3H3/b7-6+. The maximum atomic E-state index is 12.4. The number of nitrogens with zero attached hydrogens (tertiary/aromatic N) is 1. The summed E-state index contributed by atoms with van der Waals surface area (Å²) < 4.78 is 10.5. The van der Waals surface area contributed by atoms with Crippen molar-refractivity contribution in [3.8, 4) is 11.5 Å². The first kappa shape index (κ1) is 18.6. The van der Waals surface area contributed by atoms with Gasteiger partial charge in [0.2, 0.25) is 5.91 Å². The number of halogens is 1. The number of methoxy groups -OCH3 is 2. The number of benzene rings is 1. The summed E-state index contributed by atoms with van der Waals surface area (Å²) in [6.07, 6.45) is 5.57. The van der Waals surface area contributed by atoms with Crippen LogP contribution in [0.15, 0.2) is 18.2 Å². The molecule has 1 aromatic rings. The van der Waals surface area contributed by atoms with Crippen molar-refractivity contribution in [3.63, 3.8) is 0 Å². The molecule has 1 fully saturated rings. The topological polar surface area (TPSA) is 50.8 Å². The molecular weight excluding hydrogens is 328 g/mol. The van der Waals surface area contributed by atoms with Gasteiger partial charge in [-0.05, 0) is 56.1 Å². The van der Waals surface area contributed by atoms with Gasteiger partial charge >= 0.3 is 0 Å². The molecule has 5 nitrogen and oxygen atoms in total. The van der Waals surface area contributed by atoms with Gasteiger partial charge in [-0.25, -0.2) is 0 Å². The van der Waals surface area contributed by atoms with E-state index in [4.69, 9.17) is 21.1 Å². The first-order valence-corrected chi connectivity index (χ1v) is 8.50. The van der Waals surface area contributed by atoms with Gasteiger partial charge in [0, 0.05) is 19.2 Å². The number of rotatable bonds is 6. The average Bonchev–Trinajstić information content (AvgIpc) is 2.59. The summed E-state index contributed by atoms with van der Waals surface area (Å²) in [7, 11) is 5.05. The Balaban J connectivity index is 2.07. The normalized spacial score (nSPS) is 18.0. The van der Waals surface area contributed by atoms with Gasteiger partial charge in [-0.15, -0.1) is 0 Å². The quantitative estimate of drug-likeness (QED) is 0.800. The summed E-state index contributed by atoms with van der Waals surface area (Å²) in [5.41, 5.74) is 0.801. The maximum Gasteiger partial charge on any atom is 0.246 e. The maximum absolute atomic E-state index is 12.4. The summed E-state index contributed by atoms with van der Waals surface area (Å²) in [4.78, 5) is 14.3. The molecule has 1 unspecified atom stereocenters. The van der Waals surface area contributed by atoms with Crippen LogP contribution in [-0.4, -0.2) is 51.7 Å². The van der Waals surface area contributed by atoms with E-state index in [9.17, 15) is 4.79 Å². The number of hydrogen-bond acceptors (Lipinski definition) is 4. The zero-order valence-electron chi connectivity index (χ0n) is 14.5. The molecule has 1 atom stereocenters. The van der Waals surface area contributed by atoms with Crippen LogP contribution < -0.4 is 14.8 Å². The van der Waals surface area contributed by atoms with E-state index >= 15 is 0 Å². The number of hydrogen-bond donors (Lipinski definition) is 1. The predicted molar refractivity (Wildman–Crippen MR) is 96.8 cm³/mol. The van der Waals surface area contributed by atoms with Crippen LogP contribution in [0.4, 0.5) is 0 Å². The lowest BCUT2D eigenvalue weighted by Gasteiger charge is -2.32. The Bertz CT molecular complexity index is 602. The summed E-state index contributed by atoms with van der Waals surface area (Å²) >= 11 is 6.19. The van der Waals surface area contributed by atoms with Crippen LogP contribution in [0.25, 0.3) is 6.08 Å². The lowest BCUT2D eigenvalue weighted by Crippen LogP contribution is -2.41. The molecule has 1 aliphatic heterocycles. The van der Waals surface area contributed by atoms with Gasteiger partial charge in [-0.1, -0.05) is 11.6 Å². The highest BCUT2D eigenvalue weighted by molar-refractivity contribution is 6.32. The third-order valence-corrected chi connectivity index (χ3v) is 4.48. The molecule has 0 radical (unpaired) electrons. The first-order chi connectivity index (χ1) is 11.6. The fourth-order valence-electron chi connectivity index (χ4n) is 3.03. The van der Waals surface area contributed by atoms with Crippen molar-refractivity contribution in [1.29, 1.82) is 0 Å². The Hall–Kier alpha value is -1.72.